The summed E-state index contributed by atoms with van der Waals surface area (Å²) in [6.07, 6.45) is -0.817. The molecule has 2 N–H and O–H groups in total. The van der Waals surface area contributed by atoms with Crippen molar-refractivity contribution >= 4 is 30.6 Å². The van der Waals surface area contributed by atoms with Gasteiger partial charge in [0.25, 0.3) is 0 Å². The van der Waals surface area contributed by atoms with Crippen LogP contribution in [0.15, 0.2) is 0 Å². The highest BCUT2D eigenvalue weighted by Gasteiger charge is 2.32. The SMILES string of the molecule is CC(=O)NCN(C(=O)OC(C)(C)C)[C@@H](CS)C(=O)O. The van der Waals surface area contributed by atoms with Crippen molar-refractivity contribution < 1.29 is 24.2 Å². The molecule has 0 spiro atoms. The third kappa shape index (κ3) is 6.90. The molecule has 0 radical (unpaired) electrons. The molecule has 2 amide bonds. The molecule has 0 fully saturated rings. The minimum atomic E-state index is -1.22. The van der Waals surface area contributed by atoms with Gasteiger partial charge in [0, 0.05) is 12.7 Å². The lowest BCUT2D eigenvalue weighted by Gasteiger charge is -2.30. The predicted octanol–water partition coefficient (Wildman–Crippen LogP) is 0.700. The zero-order valence-electron chi connectivity index (χ0n) is 11.5. The van der Waals surface area contributed by atoms with Crippen LogP contribution in [0.4, 0.5) is 4.79 Å². The normalized spacial score (nSPS) is 12.5. The summed E-state index contributed by atoms with van der Waals surface area (Å²) in [5.41, 5.74) is -0.759. The molecule has 0 saturated heterocycles. The van der Waals surface area contributed by atoms with E-state index in [4.69, 9.17) is 9.84 Å². The molecule has 0 aliphatic rings. The van der Waals surface area contributed by atoms with Gasteiger partial charge in [0.15, 0.2) is 0 Å². The average molecular weight is 292 g/mol. The summed E-state index contributed by atoms with van der Waals surface area (Å²) in [6, 6.07) is -1.18. The molecule has 1 atom stereocenters. The zero-order valence-corrected chi connectivity index (χ0v) is 12.4. The Morgan fingerprint density at radius 2 is 1.89 bits per heavy atom. The third-order valence-corrected chi connectivity index (χ3v) is 2.31. The molecule has 0 aliphatic carbocycles. The molecule has 0 aromatic rings. The van der Waals surface area contributed by atoms with Gasteiger partial charge in [-0.3, -0.25) is 9.69 Å². The molecular weight excluding hydrogens is 272 g/mol. The second-order valence-corrected chi connectivity index (χ2v) is 5.24. The van der Waals surface area contributed by atoms with E-state index in [2.05, 4.69) is 17.9 Å². The Bertz CT molecular complexity index is 353. The molecule has 0 saturated carbocycles. The molecule has 0 aromatic heterocycles. The van der Waals surface area contributed by atoms with E-state index in [0.717, 1.165) is 4.90 Å². The maximum atomic E-state index is 11.9. The van der Waals surface area contributed by atoms with Gasteiger partial charge in [-0.1, -0.05) is 0 Å². The Morgan fingerprint density at radius 3 is 2.21 bits per heavy atom. The first-order valence-corrected chi connectivity index (χ1v) is 6.29. The molecule has 7 nitrogen and oxygen atoms in total. The minimum Gasteiger partial charge on any atom is -0.480 e. The first kappa shape index (κ1) is 17.6. The van der Waals surface area contributed by atoms with Crippen LogP contribution in [0, 0.1) is 0 Å². The van der Waals surface area contributed by atoms with E-state index < -0.39 is 23.7 Å². The Morgan fingerprint density at radius 1 is 1.37 bits per heavy atom. The van der Waals surface area contributed by atoms with Crippen molar-refractivity contribution in [1.82, 2.24) is 10.2 Å². The highest BCUT2D eigenvalue weighted by atomic mass is 32.1. The summed E-state index contributed by atoms with van der Waals surface area (Å²) in [5.74, 6) is -1.68. The van der Waals surface area contributed by atoms with Gasteiger partial charge < -0.3 is 15.2 Å². The maximum absolute atomic E-state index is 11.9. The van der Waals surface area contributed by atoms with E-state index in [9.17, 15) is 14.4 Å². The molecule has 19 heavy (non-hydrogen) atoms. The van der Waals surface area contributed by atoms with Crippen molar-refractivity contribution in [1.29, 1.82) is 0 Å². The fourth-order valence-electron chi connectivity index (χ4n) is 1.13. The number of thiol groups is 1. The minimum absolute atomic E-state index is 0.0891. The number of hydrogen-bond donors (Lipinski definition) is 3. The second-order valence-electron chi connectivity index (χ2n) is 4.88. The number of hydrogen-bond acceptors (Lipinski definition) is 5. The number of nitrogens with zero attached hydrogens (tertiary/aromatic N) is 1. The van der Waals surface area contributed by atoms with E-state index in [-0.39, 0.29) is 18.3 Å². The number of aliphatic carboxylic acids is 1. The number of carbonyl (C=O) groups excluding carboxylic acids is 2. The monoisotopic (exact) mass is 292 g/mol. The first-order valence-electron chi connectivity index (χ1n) is 5.66. The quantitative estimate of drug-likeness (QED) is 0.512. The van der Waals surface area contributed by atoms with Gasteiger partial charge in [0.05, 0.1) is 6.67 Å². The van der Waals surface area contributed by atoms with Crippen LogP contribution in [-0.2, 0) is 14.3 Å². The predicted molar refractivity (Wildman–Crippen MR) is 72.0 cm³/mol. The van der Waals surface area contributed by atoms with Gasteiger partial charge in [0.2, 0.25) is 5.91 Å². The smallest absolute Gasteiger partial charge is 0.412 e. The average Bonchev–Trinajstić information content (AvgIpc) is 2.20. The molecule has 110 valence electrons. The van der Waals surface area contributed by atoms with Crippen LogP contribution in [0.1, 0.15) is 27.7 Å². The summed E-state index contributed by atoms with van der Waals surface area (Å²) < 4.78 is 5.10. The standard InChI is InChI=1S/C11H20N2O5S/c1-7(14)12-6-13(8(5-19)9(15)16)10(17)18-11(2,3)4/h8,19H,5-6H2,1-4H3,(H,12,14)(H,15,16)/t8-/m0/s1. The Labute approximate surface area is 117 Å². The summed E-state index contributed by atoms with van der Waals surface area (Å²) in [5, 5.41) is 11.4. The molecule has 0 aromatic carbocycles. The van der Waals surface area contributed by atoms with Crippen LogP contribution in [-0.4, -0.2) is 52.0 Å². The lowest BCUT2D eigenvalue weighted by Crippen LogP contribution is -2.52. The molecule has 0 aliphatic heterocycles. The lowest BCUT2D eigenvalue weighted by molar-refractivity contribution is -0.142. The Hall–Kier alpha value is -1.44. The van der Waals surface area contributed by atoms with Crippen LogP contribution in [0.2, 0.25) is 0 Å². The largest absolute Gasteiger partial charge is 0.480 e. The van der Waals surface area contributed by atoms with E-state index >= 15 is 0 Å². The van der Waals surface area contributed by atoms with Crippen molar-refractivity contribution in [3.05, 3.63) is 0 Å². The van der Waals surface area contributed by atoms with Gasteiger partial charge >= 0.3 is 12.1 Å². The van der Waals surface area contributed by atoms with Gasteiger partial charge in [-0.25, -0.2) is 9.59 Å². The molecule has 0 rings (SSSR count). The van der Waals surface area contributed by atoms with Crippen LogP contribution >= 0.6 is 12.6 Å². The first-order chi connectivity index (χ1) is 8.58. The van der Waals surface area contributed by atoms with Gasteiger partial charge in [-0.15, -0.1) is 0 Å². The summed E-state index contributed by atoms with van der Waals surface area (Å²) in [4.78, 5) is 34.8. The topological polar surface area (TPSA) is 95.9 Å². The molecule has 0 heterocycles. The lowest BCUT2D eigenvalue weighted by atomic mass is 10.2. The Kier molecular flexibility index (Phi) is 6.68. The fraction of sp³-hybridized carbons (Fsp3) is 0.727. The van der Waals surface area contributed by atoms with E-state index in [1.807, 2.05) is 0 Å². The molecule has 0 unspecified atom stereocenters. The number of carboxylic acids is 1. The van der Waals surface area contributed by atoms with E-state index in [1.165, 1.54) is 6.92 Å². The van der Waals surface area contributed by atoms with Crippen LogP contribution in [0.25, 0.3) is 0 Å². The number of ether oxygens (including phenoxy) is 1. The molecule has 0 bridgehead atoms. The highest BCUT2D eigenvalue weighted by molar-refractivity contribution is 7.80. The van der Waals surface area contributed by atoms with Gasteiger partial charge in [0.1, 0.15) is 11.6 Å². The zero-order chi connectivity index (χ0) is 15.2. The van der Waals surface area contributed by atoms with Crippen molar-refractivity contribution in [2.45, 2.75) is 39.3 Å². The highest BCUT2D eigenvalue weighted by Crippen LogP contribution is 2.12. The van der Waals surface area contributed by atoms with Gasteiger partial charge in [-0.05, 0) is 20.8 Å². The van der Waals surface area contributed by atoms with Crippen LogP contribution in [0.3, 0.4) is 0 Å². The maximum Gasteiger partial charge on any atom is 0.412 e. The number of rotatable bonds is 5. The molecular formula is C11H20N2O5S. The third-order valence-electron chi connectivity index (χ3n) is 1.96. The van der Waals surface area contributed by atoms with Crippen LogP contribution < -0.4 is 5.32 Å². The van der Waals surface area contributed by atoms with Crippen molar-refractivity contribution in [3.63, 3.8) is 0 Å². The van der Waals surface area contributed by atoms with Gasteiger partial charge in [-0.2, -0.15) is 12.6 Å². The number of carboxylic acid groups (broad SMARTS) is 1. The number of nitrogens with one attached hydrogen (secondary N) is 1. The molecule has 8 heteroatoms. The van der Waals surface area contributed by atoms with Crippen molar-refractivity contribution in [2.24, 2.45) is 0 Å². The van der Waals surface area contributed by atoms with Crippen molar-refractivity contribution in [3.8, 4) is 0 Å². The second kappa shape index (κ2) is 7.22. The van der Waals surface area contributed by atoms with E-state index in [0.29, 0.717) is 0 Å². The Balaban J connectivity index is 4.98. The summed E-state index contributed by atoms with van der Waals surface area (Å²) in [7, 11) is 0. The number of carbonyl (C=O) groups is 3. The van der Waals surface area contributed by atoms with Crippen LogP contribution in [0.5, 0.6) is 0 Å². The summed E-state index contributed by atoms with van der Waals surface area (Å²) >= 11 is 3.90. The van der Waals surface area contributed by atoms with Crippen molar-refractivity contribution in [2.75, 3.05) is 12.4 Å². The fourth-order valence-corrected chi connectivity index (χ4v) is 1.48. The number of amides is 2. The van der Waals surface area contributed by atoms with E-state index in [1.54, 1.807) is 20.8 Å². The summed E-state index contributed by atoms with van der Waals surface area (Å²) in [6.45, 7) is 6.01.